The number of carbonyl (C=O) groups is 3. The van der Waals surface area contributed by atoms with Gasteiger partial charge in [0.15, 0.2) is 6.10 Å². The van der Waals surface area contributed by atoms with E-state index in [1.54, 1.807) is 0 Å². The molecule has 0 aromatic carbocycles. The number of carbonyl (C=O) groups excluding carboxylic acids is 3. The number of hydrogen-bond donors (Lipinski definition) is 0. The van der Waals surface area contributed by atoms with E-state index in [9.17, 15) is 14.4 Å². The number of esters is 3. The molecule has 0 spiro atoms. The first-order valence-corrected chi connectivity index (χ1v) is 27.8. The first kappa shape index (κ1) is 62.1. The zero-order valence-corrected chi connectivity index (χ0v) is 43.0. The summed E-state index contributed by atoms with van der Waals surface area (Å²) in [5.74, 6) is -0.900. The van der Waals surface area contributed by atoms with Crippen molar-refractivity contribution in [2.75, 3.05) is 13.2 Å². The minimum Gasteiger partial charge on any atom is -0.462 e. The van der Waals surface area contributed by atoms with E-state index in [-0.39, 0.29) is 31.1 Å². The quantitative estimate of drug-likeness (QED) is 0.0262. The maximum atomic E-state index is 12.8. The molecule has 0 rings (SSSR count). The third kappa shape index (κ3) is 51.9. The van der Waals surface area contributed by atoms with E-state index in [4.69, 9.17) is 14.2 Å². The molecule has 0 bridgehead atoms. The lowest BCUT2D eigenvalue weighted by atomic mass is 10.1. The van der Waals surface area contributed by atoms with Crippen molar-refractivity contribution in [3.63, 3.8) is 0 Å². The van der Waals surface area contributed by atoms with Crippen molar-refractivity contribution in [2.45, 2.75) is 284 Å². The molecule has 0 saturated heterocycles. The Hall–Kier alpha value is -2.89. The molecular formula is C59H104O6. The van der Waals surface area contributed by atoms with Crippen LogP contribution >= 0.6 is 0 Å². The largest absolute Gasteiger partial charge is 0.462 e. The second-order valence-electron chi connectivity index (χ2n) is 18.5. The highest BCUT2D eigenvalue weighted by Gasteiger charge is 2.19. The number of hydrogen-bond acceptors (Lipinski definition) is 6. The Bertz CT molecular complexity index is 1180. The molecule has 0 aromatic rings. The Morgan fingerprint density at radius 3 is 0.892 bits per heavy atom. The van der Waals surface area contributed by atoms with Crippen LogP contribution in [0.5, 0.6) is 0 Å². The molecule has 65 heavy (non-hydrogen) atoms. The molecule has 0 saturated carbocycles. The van der Waals surface area contributed by atoms with Gasteiger partial charge in [0.05, 0.1) is 0 Å². The number of unbranched alkanes of at least 4 members (excludes halogenated alkanes) is 29. The Kier molecular flexibility index (Phi) is 51.3. The molecule has 6 nitrogen and oxygen atoms in total. The van der Waals surface area contributed by atoms with Crippen molar-refractivity contribution in [1.29, 1.82) is 0 Å². The Morgan fingerprint density at radius 2 is 0.554 bits per heavy atom. The summed E-state index contributed by atoms with van der Waals surface area (Å²) in [6.45, 7) is 6.57. The first-order chi connectivity index (χ1) is 32.0. The Labute approximate surface area is 402 Å². The number of rotatable bonds is 50. The van der Waals surface area contributed by atoms with Crippen molar-refractivity contribution >= 4 is 17.9 Å². The molecule has 1 atom stereocenters. The van der Waals surface area contributed by atoms with Gasteiger partial charge in [-0.15, -0.1) is 0 Å². The molecule has 0 heterocycles. The van der Waals surface area contributed by atoms with Crippen LogP contribution in [0.4, 0.5) is 0 Å². The summed E-state index contributed by atoms with van der Waals surface area (Å²) in [4.78, 5) is 38.1. The predicted molar refractivity (Wildman–Crippen MR) is 279 cm³/mol. The predicted octanol–water partition coefficient (Wildman–Crippen LogP) is 18.4. The number of allylic oxidation sites excluding steroid dienone is 10. The van der Waals surface area contributed by atoms with Gasteiger partial charge in [0.25, 0.3) is 0 Å². The van der Waals surface area contributed by atoms with Crippen LogP contribution in [0.3, 0.4) is 0 Å². The van der Waals surface area contributed by atoms with Crippen LogP contribution in [0, 0.1) is 0 Å². The highest BCUT2D eigenvalue weighted by molar-refractivity contribution is 5.71. The van der Waals surface area contributed by atoms with E-state index in [1.165, 1.54) is 148 Å². The SMILES string of the molecule is CCCCC/C=C\C/C=C\CCCCCCCCCC(=O)OC[C@@H](COC(=O)CCCCCCC/C=C\CCCCCC)OC(=O)CCCCCCCCC/C=C\C/C=C\CCCCC. The van der Waals surface area contributed by atoms with Crippen molar-refractivity contribution in [1.82, 2.24) is 0 Å². The zero-order chi connectivity index (χ0) is 47.2. The van der Waals surface area contributed by atoms with Gasteiger partial charge in [0.1, 0.15) is 13.2 Å². The minimum atomic E-state index is -0.784. The summed E-state index contributed by atoms with van der Waals surface area (Å²) in [7, 11) is 0. The standard InChI is InChI=1S/C59H104O6/c1-4-7-10-13-16-19-22-25-27-29-31-34-37-40-43-46-49-52-58(61)64-55-56(54-63-57(60)51-48-45-42-39-36-33-24-21-18-15-12-9-6-3)65-59(62)53-50-47-44-41-38-35-32-30-28-26-23-20-17-14-11-8-5-2/h16-17,19-21,24-28,56H,4-15,18,22-23,29-55H2,1-3H3/b19-16-,20-17-,24-21-,27-25-,28-26-/t56-/m1/s1. The van der Waals surface area contributed by atoms with Crippen molar-refractivity contribution in [2.24, 2.45) is 0 Å². The Morgan fingerprint density at radius 1 is 0.308 bits per heavy atom. The van der Waals surface area contributed by atoms with E-state index in [2.05, 4.69) is 81.5 Å². The summed E-state index contributed by atoms with van der Waals surface area (Å²) in [5, 5.41) is 0. The molecule has 0 radical (unpaired) electrons. The lowest BCUT2D eigenvalue weighted by molar-refractivity contribution is -0.167. The fraction of sp³-hybridized carbons (Fsp3) is 0.780. The van der Waals surface area contributed by atoms with Crippen molar-refractivity contribution in [3.8, 4) is 0 Å². The van der Waals surface area contributed by atoms with Crippen LogP contribution in [0.1, 0.15) is 278 Å². The average molecular weight is 909 g/mol. The smallest absolute Gasteiger partial charge is 0.306 e. The van der Waals surface area contributed by atoms with Gasteiger partial charge in [0.2, 0.25) is 0 Å². The van der Waals surface area contributed by atoms with Crippen molar-refractivity contribution < 1.29 is 28.6 Å². The van der Waals surface area contributed by atoms with Gasteiger partial charge in [0, 0.05) is 19.3 Å². The normalized spacial score (nSPS) is 12.5. The molecule has 376 valence electrons. The lowest BCUT2D eigenvalue weighted by Crippen LogP contribution is -2.30. The zero-order valence-electron chi connectivity index (χ0n) is 43.0. The van der Waals surface area contributed by atoms with E-state index in [0.29, 0.717) is 19.3 Å². The second kappa shape index (κ2) is 53.7. The van der Waals surface area contributed by atoms with Gasteiger partial charge >= 0.3 is 17.9 Å². The summed E-state index contributed by atoms with van der Waals surface area (Å²) in [5.41, 5.74) is 0. The average Bonchev–Trinajstić information content (AvgIpc) is 3.30. The molecule has 0 aliphatic heterocycles. The summed E-state index contributed by atoms with van der Waals surface area (Å²) in [6.07, 6.45) is 66.2. The van der Waals surface area contributed by atoms with Gasteiger partial charge in [-0.05, 0) is 109 Å². The van der Waals surface area contributed by atoms with Crippen LogP contribution < -0.4 is 0 Å². The van der Waals surface area contributed by atoms with E-state index in [1.807, 2.05) is 0 Å². The third-order valence-corrected chi connectivity index (χ3v) is 12.0. The van der Waals surface area contributed by atoms with Crippen molar-refractivity contribution in [3.05, 3.63) is 60.8 Å². The Balaban J connectivity index is 4.40. The molecule has 0 unspecified atom stereocenters. The maximum Gasteiger partial charge on any atom is 0.306 e. The maximum absolute atomic E-state index is 12.8. The van der Waals surface area contributed by atoms with Gasteiger partial charge < -0.3 is 14.2 Å². The summed E-state index contributed by atoms with van der Waals surface area (Å²) in [6, 6.07) is 0. The number of ether oxygens (including phenoxy) is 3. The van der Waals surface area contributed by atoms with Gasteiger partial charge in [-0.25, -0.2) is 0 Å². The summed E-state index contributed by atoms with van der Waals surface area (Å²) >= 11 is 0. The fourth-order valence-corrected chi connectivity index (χ4v) is 7.73. The molecule has 0 N–H and O–H groups in total. The van der Waals surface area contributed by atoms with Crippen LogP contribution in [-0.4, -0.2) is 37.2 Å². The minimum absolute atomic E-state index is 0.0837. The highest BCUT2D eigenvalue weighted by Crippen LogP contribution is 2.15. The van der Waals surface area contributed by atoms with Gasteiger partial charge in [-0.2, -0.15) is 0 Å². The van der Waals surface area contributed by atoms with Gasteiger partial charge in [-0.1, -0.05) is 210 Å². The fourth-order valence-electron chi connectivity index (χ4n) is 7.73. The monoisotopic (exact) mass is 909 g/mol. The second-order valence-corrected chi connectivity index (χ2v) is 18.5. The molecule has 0 amide bonds. The molecule has 0 aromatic heterocycles. The molecule has 0 fully saturated rings. The lowest BCUT2D eigenvalue weighted by Gasteiger charge is -2.18. The van der Waals surface area contributed by atoms with E-state index in [0.717, 1.165) is 89.9 Å². The molecule has 0 aliphatic carbocycles. The van der Waals surface area contributed by atoms with E-state index < -0.39 is 6.10 Å². The van der Waals surface area contributed by atoms with E-state index >= 15 is 0 Å². The molecular weight excluding hydrogens is 805 g/mol. The van der Waals surface area contributed by atoms with Crippen LogP contribution in [0.2, 0.25) is 0 Å². The third-order valence-electron chi connectivity index (χ3n) is 12.0. The molecule has 6 heteroatoms. The summed E-state index contributed by atoms with van der Waals surface area (Å²) < 4.78 is 16.8. The van der Waals surface area contributed by atoms with Crippen LogP contribution in [0.25, 0.3) is 0 Å². The first-order valence-electron chi connectivity index (χ1n) is 27.8. The highest BCUT2D eigenvalue weighted by atomic mass is 16.6. The van der Waals surface area contributed by atoms with Gasteiger partial charge in [-0.3, -0.25) is 14.4 Å². The topological polar surface area (TPSA) is 78.9 Å². The van der Waals surface area contributed by atoms with Crippen LogP contribution in [0.15, 0.2) is 60.8 Å². The molecule has 0 aliphatic rings. The van der Waals surface area contributed by atoms with Crippen LogP contribution in [-0.2, 0) is 28.6 Å².